The summed E-state index contributed by atoms with van der Waals surface area (Å²) in [6.07, 6.45) is 0.184. The fourth-order valence-electron chi connectivity index (χ4n) is 6.11. The quantitative estimate of drug-likeness (QED) is 0.279. The maximum atomic E-state index is 13.9. The topological polar surface area (TPSA) is 194 Å². The number of hydrogen-bond donors (Lipinski definition) is 6. The number of ketones is 2. The Labute approximate surface area is 219 Å². The lowest BCUT2D eigenvalue weighted by Gasteiger charge is -2.50. The average molecular weight is 529 g/mol. The Bertz CT molecular complexity index is 1340. The van der Waals surface area contributed by atoms with Crippen molar-refractivity contribution in [3.8, 4) is 5.75 Å². The first-order chi connectivity index (χ1) is 17.6. The van der Waals surface area contributed by atoms with Gasteiger partial charge in [0.25, 0.3) is 5.91 Å². The highest BCUT2D eigenvalue weighted by Gasteiger charge is 2.63. The minimum absolute atomic E-state index is 0.00698. The molecule has 1 aromatic carbocycles. The number of aromatic hydroxyl groups is 1. The molecule has 38 heavy (non-hydrogen) atoms. The van der Waals surface area contributed by atoms with Gasteiger partial charge in [-0.2, -0.15) is 0 Å². The molecule has 0 aliphatic heterocycles. The number of Topliss-reactive ketones (excluding diaryl/α,β-unsaturated/α-hetero) is 2. The fraction of sp³-hybridized carbons (Fsp3) is 0.462. The number of nitrogens with two attached hydrogens (primary N) is 1. The summed E-state index contributed by atoms with van der Waals surface area (Å²) in [5, 5.41) is 47.6. The second-order valence-electron chi connectivity index (χ2n) is 10.5. The number of nitrogens with one attached hydrogen (secondary N) is 1. The second kappa shape index (κ2) is 9.14. The molecule has 0 heterocycles. The Kier molecular flexibility index (Phi) is 6.53. The molecule has 0 spiro atoms. The predicted octanol–water partition coefficient (Wildman–Crippen LogP) is -0.177. The van der Waals surface area contributed by atoms with Crippen molar-refractivity contribution in [2.75, 3.05) is 33.1 Å². The zero-order valence-corrected chi connectivity index (χ0v) is 21.8. The van der Waals surface area contributed by atoms with Gasteiger partial charge >= 0.3 is 0 Å². The molecule has 3 aliphatic rings. The van der Waals surface area contributed by atoms with E-state index in [1.807, 2.05) is 0 Å². The molecule has 12 nitrogen and oxygen atoms in total. The van der Waals surface area contributed by atoms with Gasteiger partial charge in [0.15, 0.2) is 11.4 Å². The molecule has 2 amide bonds. The van der Waals surface area contributed by atoms with Crippen LogP contribution < -0.4 is 16.0 Å². The van der Waals surface area contributed by atoms with Crippen molar-refractivity contribution >= 4 is 29.1 Å². The van der Waals surface area contributed by atoms with Gasteiger partial charge in [0.2, 0.25) is 11.7 Å². The van der Waals surface area contributed by atoms with Crippen LogP contribution in [0.4, 0.5) is 5.69 Å². The summed E-state index contributed by atoms with van der Waals surface area (Å²) in [5.74, 6) is -7.36. The van der Waals surface area contributed by atoms with E-state index >= 15 is 0 Å². The van der Waals surface area contributed by atoms with Crippen molar-refractivity contribution in [3.63, 3.8) is 0 Å². The van der Waals surface area contributed by atoms with Gasteiger partial charge in [-0.3, -0.25) is 24.1 Å². The number of aliphatic hydroxyl groups excluding tert-OH is 2. The number of nitrogens with zero attached hydrogens (tertiary/aromatic N) is 2. The molecule has 4 rings (SSSR count). The molecule has 0 aromatic heterocycles. The first-order valence-corrected chi connectivity index (χ1v) is 12.1. The van der Waals surface area contributed by atoms with Crippen LogP contribution in [0.15, 0.2) is 28.7 Å². The van der Waals surface area contributed by atoms with E-state index in [0.29, 0.717) is 11.3 Å². The summed E-state index contributed by atoms with van der Waals surface area (Å²) in [6.45, 7) is 1.26. The van der Waals surface area contributed by atoms with Crippen LogP contribution in [-0.2, 0) is 27.3 Å². The number of likely N-dealkylation sites (N-methyl/N-ethyl adjacent to an activating group) is 1. The van der Waals surface area contributed by atoms with Gasteiger partial charge in [0, 0.05) is 50.3 Å². The number of benzene rings is 1. The van der Waals surface area contributed by atoms with Crippen LogP contribution in [-0.4, -0.2) is 88.5 Å². The van der Waals surface area contributed by atoms with Crippen LogP contribution in [0.5, 0.6) is 5.75 Å². The number of amides is 2. The van der Waals surface area contributed by atoms with Crippen LogP contribution in [0.25, 0.3) is 0 Å². The number of allylic oxidation sites excluding steroid dienone is 1. The standard InChI is InChI=1S/C26H32N4O8/c1-10(31)28-9-12-8-15(29(2)3)13-6-11-7-14-19(30(4)5)22(34)18(25(27)37)24(36)26(14,38)23(35)16(11)21(33)17(13)20(12)32/h8,11,14,19,32,34-35,38H,6-7,9H2,1-5H3,(H2,27,37)(H,28,31)/t11-,14+,19?,26-/m0/s1. The zero-order chi connectivity index (χ0) is 28.4. The van der Waals surface area contributed by atoms with Crippen LogP contribution in [0.1, 0.15) is 34.8 Å². The van der Waals surface area contributed by atoms with E-state index in [4.69, 9.17) is 5.73 Å². The second-order valence-corrected chi connectivity index (χ2v) is 10.5. The molecular weight excluding hydrogens is 496 g/mol. The normalized spacial score (nSPS) is 26.7. The third-order valence-electron chi connectivity index (χ3n) is 7.79. The third-order valence-corrected chi connectivity index (χ3v) is 7.79. The molecular formula is C26H32N4O8. The maximum Gasteiger partial charge on any atom is 0.255 e. The van der Waals surface area contributed by atoms with E-state index in [-0.39, 0.29) is 47.7 Å². The molecule has 204 valence electrons. The highest BCUT2D eigenvalue weighted by atomic mass is 16.3. The average Bonchev–Trinajstić information content (AvgIpc) is 2.80. The van der Waals surface area contributed by atoms with E-state index < -0.39 is 58.0 Å². The smallest absolute Gasteiger partial charge is 0.255 e. The number of carbonyl (C=O) groups excluding carboxylic acids is 4. The van der Waals surface area contributed by atoms with Crippen molar-refractivity contribution in [1.29, 1.82) is 0 Å². The minimum atomic E-state index is -2.70. The Morgan fingerprint density at radius 1 is 1.16 bits per heavy atom. The van der Waals surface area contributed by atoms with E-state index in [9.17, 15) is 39.6 Å². The van der Waals surface area contributed by atoms with Crippen LogP contribution in [0.2, 0.25) is 0 Å². The van der Waals surface area contributed by atoms with E-state index in [1.165, 1.54) is 11.8 Å². The molecule has 1 aromatic rings. The number of anilines is 1. The molecule has 3 aliphatic carbocycles. The van der Waals surface area contributed by atoms with Gasteiger partial charge < -0.3 is 36.4 Å². The van der Waals surface area contributed by atoms with Crippen LogP contribution >= 0.6 is 0 Å². The number of phenols is 1. The van der Waals surface area contributed by atoms with Crippen LogP contribution in [0, 0.1) is 11.8 Å². The van der Waals surface area contributed by atoms with Crippen molar-refractivity contribution < 1.29 is 39.6 Å². The van der Waals surface area contributed by atoms with Gasteiger partial charge in [0.05, 0.1) is 11.6 Å². The highest BCUT2D eigenvalue weighted by molar-refractivity contribution is 6.25. The summed E-state index contributed by atoms with van der Waals surface area (Å²) in [7, 11) is 6.67. The van der Waals surface area contributed by atoms with Gasteiger partial charge in [0.1, 0.15) is 22.8 Å². The Morgan fingerprint density at radius 2 is 1.79 bits per heavy atom. The van der Waals surface area contributed by atoms with Crippen molar-refractivity contribution in [3.05, 3.63) is 45.4 Å². The molecule has 0 bridgehead atoms. The van der Waals surface area contributed by atoms with Crippen LogP contribution in [0.3, 0.4) is 0 Å². The number of phenolic OH excluding ortho intramolecular Hbond substituents is 1. The summed E-state index contributed by atoms with van der Waals surface area (Å²) in [4.78, 5) is 54.1. The highest BCUT2D eigenvalue weighted by Crippen LogP contribution is 2.53. The summed E-state index contributed by atoms with van der Waals surface area (Å²) in [5.41, 5.74) is 2.87. The lowest BCUT2D eigenvalue weighted by Crippen LogP contribution is -2.63. The number of hydrogen-bond acceptors (Lipinski definition) is 10. The largest absolute Gasteiger partial charge is 0.510 e. The van der Waals surface area contributed by atoms with E-state index in [1.54, 1.807) is 39.2 Å². The summed E-state index contributed by atoms with van der Waals surface area (Å²) >= 11 is 0. The first kappa shape index (κ1) is 27.1. The Hall–Kier alpha value is -3.90. The van der Waals surface area contributed by atoms with Crippen molar-refractivity contribution in [1.82, 2.24) is 10.2 Å². The number of carbonyl (C=O) groups is 4. The number of fused-ring (bicyclic) bond motifs is 3. The molecule has 0 radical (unpaired) electrons. The van der Waals surface area contributed by atoms with E-state index in [2.05, 4.69) is 5.32 Å². The van der Waals surface area contributed by atoms with E-state index in [0.717, 1.165) is 0 Å². The zero-order valence-electron chi connectivity index (χ0n) is 21.8. The monoisotopic (exact) mass is 528 g/mol. The van der Waals surface area contributed by atoms with Gasteiger partial charge in [-0.05, 0) is 44.5 Å². The summed E-state index contributed by atoms with van der Waals surface area (Å²) < 4.78 is 0. The lowest BCUT2D eigenvalue weighted by atomic mass is 9.58. The molecule has 7 N–H and O–H groups in total. The molecule has 0 fully saturated rings. The third kappa shape index (κ3) is 3.74. The van der Waals surface area contributed by atoms with Crippen molar-refractivity contribution in [2.24, 2.45) is 17.6 Å². The lowest BCUT2D eigenvalue weighted by molar-refractivity contribution is -0.148. The number of primary amides is 1. The van der Waals surface area contributed by atoms with Gasteiger partial charge in [-0.25, -0.2) is 0 Å². The number of rotatable bonds is 5. The molecule has 0 saturated heterocycles. The summed E-state index contributed by atoms with van der Waals surface area (Å²) in [6, 6.07) is 0.619. The van der Waals surface area contributed by atoms with Gasteiger partial charge in [-0.1, -0.05) is 0 Å². The molecule has 0 saturated carbocycles. The first-order valence-electron chi connectivity index (χ1n) is 12.1. The predicted molar refractivity (Wildman–Crippen MR) is 136 cm³/mol. The Morgan fingerprint density at radius 3 is 2.32 bits per heavy atom. The SMILES string of the molecule is CC(=O)NCc1cc(N(C)C)c2c(c1O)C(=O)C1=C(O)[C@]3(O)C(=O)C(C(N)=O)=C(O)C(N(C)C)[C@H]3C[C@@H]1C2. The number of aliphatic hydroxyl groups is 3. The fourth-order valence-corrected chi connectivity index (χ4v) is 6.11. The maximum absolute atomic E-state index is 13.9. The van der Waals surface area contributed by atoms with Gasteiger partial charge in [-0.15, -0.1) is 0 Å². The molecule has 4 atom stereocenters. The minimum Gasteiger partial charge on any atom is -0.510 e. The van der Waals surface area contributed by atoms with Crippen molar-refractivity contribution in [2.45, 2.75) is 38.0 Å². The molecule has 1 unspecified atom stereocenters. The Balaban J connectivity index is 1.96. The molecule has 12 heteroatoms.